The van der Waals surface area contributed by atoms with E-state index in [0.29, 0.717) is 12.0 Å². The Balaban J connectivity index is 2.63. The topological polar surface area (TPSA) is 32.7 Å². The van der Waals surface area contributed by atoms with Crippen LogP contribution in [0.5, 0.6) is 0 Å². The Hall–Kier alpha value is -1.41. The van der Waals surface area contributed by atoms with E-state index >= 15 is 0 Å². The molecule has 0 spiro atoms. The standard InChI is InChI=1S/C16H22FNO2/c1-18(9-5-11-20-2)13-14-7-8-16(17)15(12-14)6-3-4-10-19/h7-8,12,19H,4-5,9-11,13H2,1-2H3. The van der Waals surface area contributed by atoms with Crippen molar-refractivity contribution < 1.29 is 14.2 Å². The molecule has 20 heavy (non-hydrogen) atoms. The van der Waals surface area contributed by atoms with Gasteiger partial charge in [-0.2, -0.15) is 0 Å². The van der Waals surface area contributed by atoms with Gasteiger partial charge in [-0.05, 0) is 31.2 Å². The van der Waals surface area contributed by atoms with Crippen molar-refractivity contribution in [3.63, 3.8) is 0 Å². The molecule has 0 unspecified atom stereocenters. The van der Waals surface area contributed by atoms with Crippen molar-refractivity contribution in [2.24, 2.45) is 0 Å². The minimum atomic E-state index is -0.318. The highest BCUT2D eigenvalue weighted by atomic mass is 19.1. The fraction of sp³-hybridized carbons (Fsp3) is 0.500. The number of ether oxygens (including phenoxy) is 1. The summed E-state index contributed by atoms with van der Waals surface area (Å²) in [5.74, 6) is 5.18. The lowest BCUT2D eigenvalue weighted by Gasteiger charge is -2.16. The van der Waals surface area contributed by atoms with Gasteiger partial charge in [-0.15, -0.1) is 0 Å². The molecule has 0 amide bonds. The van der Waals surface area contributed by atoms with Crippen LogP contribution in [0.3, 0.4) is 0 Å². The summed E-state index contributed by atoms with van der Waals surface area (Å²) in [5.41, 5.74) is 1.42. The van der Waals surface area contributed by atoms with Crippen LogP contribution in [-0.2, 0) is 11.3 Å². The fourth-order valence-electron chi connectivity index (χ4n) is 1.85. The molecule has 1 aromatic carbocycles. The van der Waals surface area contributed by atoms with E-state index in [1.54, 1.807) is 19.2 Å². The SMILES string of the molecule is COCCCN(C)Cc1ccc(F)c(C#CCCO)c1. The summed E-state index contributed by atoms with van der Waals surface area (Å²) < 4.78 is 18.6. The largest absolute Gasteiger partial charge is 0.395 e. The third-order valence-corrected chi connectivity index (χ3v) is 2.83. The first-order chi connectivity index (χ1) is 9.67. The third-order valence-electron chi connectivity index (χ3n) is 2.83. The maximum absolute atomic E-state index is 13.6. The van der Waals surface area contributed by atoms with Gasteiger partial charge in [0.1, 0.15) is 5.82 Å². The predicted octanol–water partition coefficient (Wildman–Crippen LogP) is 2.03. The van der Waals surface area contributed by atoms with Crippen molar-refractivity contribution in [3.8, 4) is 11.8 Å². The van der Waals surface area contributed by atoms with Gasteiger partial charge in [-0.25, -0.2) is 4.39 Å². The van der Waals surface area contributed by atoms with Crippen LogP contribution < -0.4 is 0 Å². The molecule has 0 aliphatic rings. The average Bonchev–Trinajstić information content (AvgIpc) is 2.43. The summed E-state index contributed by atoms with van der Waals surface area (Å²) in [6.45, 7) is 2.41. The first-order valence-corrected chi connectivity index (χ1v) is 6.73. The second-order valence-electron chi connectivity index (χ2n) is 4.67. The molecule has 1 aromatic rings. The molecule has 3 nitrogen and oxygen atoms in total. The van der Waals surface area contributed by atoms with Crippen molar-refractivity contribution in [1.82, 2.24) is 4.90 Å². The van der Waals surface area contributed by atoms with E-state index in [0.717, 1.165) is 31.7 Å². The maximum atomic E-state index is 13.6. The van der Waals surface area contributed by atoms with Crippen molar-refractivity contribution in [3.05, 3.63) is 35.1 Å². The molecule has 0 saturated carbocycles. The number of benzene rings is 1. The molecule has 1 rings (SSSR count). The molecule has 0 heterocycles. The monoisotopic (exact) mass is 279 g/mol. The van der Waals surface area contributed by atoms with Crippen LogP contribution >= 0.6 is 0 Å². The lowest BCUT2D eigenvalue weighted by atomic mass is 10.1. The molecule has 0 aliphatic heterocycles. The summed E-state index contributed by atoms with van der Waals surface area (Å²) in [6, 6.07) is 4.99. The van der Waals surface area contributed by atoms with E-state index in [4.69, 9.17) is 9.84 Å². The van der Waals surface area contributed by atoms with E-state index in [1.807, 2.05) is 7.05 Å². The van der Waals surface area contributed by atoms with E-state index in [1.165, 1.54) is 6.07 Å². The highest BCUT2D eigenvalue weighted by molar-refractivity contribution is 5.38. The van der Waals surface area contributed by atoms with E-state index in [2.05, 4.69) is 16.7 Å². The van der Waals surface area contributed by atoms with Crippen LogP contribution in [0.2, 0.25) is 0 Å². The van der Waals surface area contributed by atoms with Gasteiger partial charge in [0.2, 0.25) is 0 Å². The zero-order valence-corrected chi connectivity index (χ0v) is 12.2. The zero-order chi connectivity index (χ0) is 14.8. The van der Waals surface area contributed by atoms with Gasteiger partial charge < -0.3 is 14.7 Å². The van der Waals surface area contributed by atoms with Crippen molar-refractivity contribution >= 4 is 0 Å². The van der Waals surface area contributed by atoms with Crippen LogP contribution in [-0.4, -0.2) is 43.9 Å². The number of halogens is 1. The highest BCUT2D eigenvalue weighted by Crippen LogP contribution is 2.11. The number of rotatable bonds is 7. The number of hydrogen-bond acceptors (Lipinski definition) is 3. The average molecular weight is 279 g/mol. The first-order valence-electron chi connectivity index (χ1n) is 6.73. The summed E-state index contributed by atoms with van der Waals surface area (Å²) in [7, 11) is 3.72. The minimum absolute atomic E-state index is 0.00343. The molecule has 0 saturated heterocycles. The summed E-state index contributed by atoms with van der Waals surface area (Å²) in [5, 5.41) is 8.68. The molecule has 0 fully saturated rings. The first kappa shape index (κ1) is 16.6. The Labute approximate surface area is 120 Å². The third kappa shape index (κ3) is 6.16. The number of hydrogen-bond donors (Lipinski definition) is 1. The number of nitrogens with zero attached hydrogens (tertiary/aromatic N) is 1. The van der Waals surface area contributed by atoms with Gasteiger partial charge in [0, 0.05) is 33.2 Å². The van der Waals surface area contributed by atoms with Crippen LogP contribution in [0, 0.1) is 17.7 Å². The smallest absolute Gasteiger partial charge is 0.138 e. The molecule has 1 N–H and O–H groups in total. The summed E-state index contributed by atoms with van der Waals surface area (Å²) in [6.07, 6.45) is 1.33. The van der Waals surface area contributed by atoms with Gasteiger partial charge >= 0.3 is 0 Å². The molecule has 0 aliphatic carbocycles. The Morgan fingerprint density at radius 2 is 2.20 bits per heavy atom. The van der Waals surface area contributed by atoms with E-state index < -0.39 is 0 Å². The lowest BCUT2D eigenvalue weighted by Crippen LogP contribution is -2.20. The van der Waals surface area contributed by atoms with Crippen LogP contribution in [0.15, 0.2) is 18.2 Å². The molecule has 110 valence electrons. The quantitative estimate of drug-likeness (QED) is 0.612. The zero-order valence-electron chi connectivity index (χ0n) is 12.2. The Bertz CT molecular complexity index is 465. The molecular weight excluding hydrogens is 257 g/mol. The predicted molar refractivity (Wildman–Crippen MR) is 77.8 cm³/mol. The number of aliphatic hydroxyl groups excluding tert-OH is 1. The second-order valence-corrected chi connectivity index (χ2v) is 4.67. The Kier molecular flexibility index (Phi) is 7.89. The van der Waals surface area contributed by atoms with Gasteiger partial charge in [0.25, 0.3) is 0 Å². The second kappa shape index (κ2) is 9.49. The molecule has 0 atom stereocenters. The van der Waals surface area contributed by atoms with Gasteiger partial charge in [0.05, 0.1) is 12.2 Å². The summed E-state index contributed by atoms with van der Waals surface area (Å²) in [4.78, 5) is 2.16. The Morgan fingerprint density at radius 3 is 2.90 bits per heavy atom. The van der Waals surface area contributed by atoms with E-state index in [9.17, 15) is 4.39 Å². The van der Waals surface area contributed by atoms with Crippen LogP contribution in [0.25, 0.3) is 0 Å². The van der Waals surface area contributed by atoms with Crippen molar-refractivity contribution in [2.75, 3.05) is 33.9 Å². The molecular formula is C16H22FNO2. The molecule has 4 heteroatoms. The summed E-state index contributed by atoms with van der Waals surface area (Å²) >= 11 is 0. The van der Waals surface area contributed by atoms with Crippen LogP contribution in [0.4, 0.5) is 4.39 Å². The van der Waals surface area contributed by atoms with Crippen LogP contribution in [0.1, 0.15) is 24.0 Å². The van der Waals surface area contributed by atoms with Gasteiger partial charge in [-0.1, -0.05) is 17.9 Å². The maximum Gasteiger partial charge on any atom is 0.138 e. The van der Waals surface area contributed by atoms with E-state index in [-0.39, 0.29) is 12.4 Å². The number of methoxy groups -OCH3 is 1. The minimum Gasteiger partial charge on any atom is -0.395 e. The lowest BCUT2D eigenvalue weighted by molar-refractivity contribution is 0.178. The van der Waals surface area contributed by atoms with Gasteiger partial charge in [0.15, 0.2) is 0 Å². The Morgan fingerprint density at radius 1 is 1.40 bits per heavy atom. The number of aliphatic hydroxyl groups is 1. The molecule has 0 bridgehead atoms. The van der Waals surface area contributed by atoms with Crippen molar-refractivity contribution in [2.45, 2.75) is 19.4 Å². The fourth-order valence-corrected chi connectivity index (χ4v) is 1.85. The highest BCUT2D eigenvalue weighted by Gasteiger charge is 2.04. The molecule has 0 aromatic heterocycles. The normalized spacial score (nSPS) is 10.4. The molecule has 0 radical (unpaired) electrons. The van der Waals surface area contributed by atoms with Gasteiger partial charge in [-0.3, -0.25) is 0 Å². The van der Waals surface area contributed by atoms with Crippen molar-refractivity contribution in [1.29, 1.82) is 0 Å².